The molecule has 12 heteroatoms. The quantitative estimate of drug-likeness (QED) is 0.166. The summed E-state index contributed by atoms with van der Waals surface area (Å²) in [6.07, 6.45) is 7.22. The minimum Gasteiger partial charge on any atom is -0.399 e. The second kappa shape index (κ2) is 12.9. The second-order valence-electron chi connectivity index (χ2n) is 12.0. The fourth-order valence-corrected chi connectivity index (χ4v) is 5.83. The molecular formula is C32H36Cl2FN9. The van der Waals surface area contributed by atoms with Crippen molar-refractivity contribution >= 4 is 51.2 Å². The van der Waals surface area contributed by atoms with Crippen molar-refractivity contribution < 1.29 is 4.39 Å². The van der Waals surface area contributed by atoms with E-state index in [2.05, 4.69) is 57.8 Å². The molecule has 0 radical (unpaired) electrons. The van der Waals surface area contributed by atoms with Crippen LogP contribution in [0.15, 0.2) is 60.7 Å². The zero-order chi connectivity index (χ0) is 31.6. The Balaban J connectivity index is 1.45. The van der Waals surface area contributed by atoms with E-state index in [9.17, 15) is 9.65 Å². The van der Waals surface area contributed by atoms with Crippen LogP contribution in [0.5, 0.6) is 0 Å². The van der Waals surface area contributed by atoms with E-state index >= 15 is 0 Å². The molecule has 0 aliphatic carbocycles. The van der Waals surface area contributed by atoms with Gasteiger partial charge in [0.1, 0.15) is 17.9 Å². The fraction of sp³-hybridized carbons (Fsp3) is 0.344. The molecule has 1 atom stereocenters. The molecule has 9 nitrogen and oxygen atoms in total. The summed E-state index contributed by atoms with van der Waals surface area (Å²) in [7, 11) is 1.85. The molecular weight excluding hydrogens is 600 g/mol. The van der Waals surface area contributed by atoms with E-state index in [0.717, 1.165) is 31.6 Å². The number of anilines is 3. The van der Waals surface area contributed by atoms with Gasteiger partial charge < -0.3 is 21.7 Å². The number of nitrogens with one attached hydrogen (secondary N) is 3. The van der Waals surface area contributed by atoms with Gasteiger partial charge in [-0.15, -0.1) is 0 Å². The molecule has 0 unspecified atom stereocenters. The number of aryl methyl sites for hydroxylation is 1. The van der Waals surface area contributed by atoms with Crippen LogP contribution in [0, 0.1) is 17.1 Å². The third-order valence-electron chi connectivity index (χ3n) is 7.84. The van der Waals surface area contributed by atoms with Crippen LogP contribution in [0.1, 0.15) is 50.9 Å². The minimum absolute atomic E-state index is 0.0407. The SMILES string of the molecule is Cn1ccc([C@H](Nc2cc(Cl)c3ncc(C#N)c(Nc4ccc(F)c(Cl)c4)c3c2)/C(N)=C/NC2CCN(C(C)(C)C)CC2)n1. The lowest BCUT2D eigenvalue weighted by molar-refractivity contribution is 0.0988. The first-order valence-corrected chi connectivity index (χ1v) is 15.2. The smallest absolute Gasteiger partial charge is 0.141 e. The minimum atomic E-state index is -0.539. The first-order valence-electron chi connectivity index (χ1n) is 14.4. The highest BCUT2D eigenvalue weighted by Gasteiger charge is 2.27. The van der Waals surface area contributed by atoms with Gasteiger partial charge in [-0.2, -0.15) is 10.4 Å². The number of rotatable bonds is 8. The highest BCUT2D eigenvalue weighted by Crippen LogP contribution is 2.37. The van der Waals surface area contributed by atoms with E-state index in [1.165, 1.54) is 18.3 Å². The van der Waals surface area contributed by atoms with Crippen LogP contribution >= 0.6 is 23.2 Å². The van der Waals surface area contributed by atoms with Gasteiger partial charge >= 0.3 is 0 Å². The zero-order valence-electron chi connectivity index (χ0n) is 25.1. The van der Waals surface area contributed by atoms with Crippen LogP contribution in [0.25, 0.3) is 10.9 Å². The number of fused-ring (bicyclic) bond motifs is 1. The van der Waals surface area contributed by atoms with Gasteiger partial charge in [0.15, 0.2) is 0 Å². The van der Waals surface area contributed by atoms with Crippen LogP contribution in [-0.4, -0.2) is 44.3 Å². The highest BCUT2D eigenvalue weighted by atomic mass is 35.5. The number of likely N-dealkylation sites (tertiary alicyclic amines) is 1. The largest absolute Gasteiger partial charge is 0.399 e. The standard InChI is InChI=1S/C32H36Cl2FN9/c1-32(2,3)44-11-7-20(8-12-44)38-18-27(37)31(28-9-10-43(4)42-28)41-22-13-23-29(40-21-5-6-26(35)24(33)14-21)19(16-36)17-39-30(23)25(34)15-22/h5-6,9-10,13-15,17-18,20,31,38,41H,7-8,11-12,37H2,1-4H3,(H,39,40)/b27-18-/t31-/m1/s1. The van der Waals surface area contributed by atoms with Gasteiger partial charge in [-0.05, 0) is 70.0 Å². The van der Waals surface area contributed by atoms with Crippen molar-refractivity contribution in [3.05, 3.63) is 87.8 Å². The first kappa shape index (κ1) is 31.4. The molecule has 1 aliphatic heterocycles. The second-order valence-corrected chi connectivity index (χ2v) is 12.8. The number of benzene rings is 2. The van der Waals surface area contributed by atoms with Gasteiger partial charge in [0.25, 0.3) is 0 Å². The number of halogens is 3. The molecule has 2 aromatic carbocycles. The van der Waals surface area contributed by atoms with E-state index in [4.69, 9.17) is 28.9 Å². The molecule has 0 amide bonds. The van der Waals surface area contributed by atoms with Crippen LogP contribution in [0.2, 0.25) is 10.0 Å². The van der Waals surface area contributed by atoms with Crippen molar-refractivity contribution in [1.82, 2.24) is 25.0 Å². The normalized spacial score (nSPS) is 15.6. The first-order chi connectivity index (χ1) is 20.9. The molecule has 1 fully saturated rings. The number of nitrogens with zero attached hydrogens (tertiary/aromatic N) is 5. The van der Waals surface area contributed by atoms with Crippen molar-refractivity contribution in [2.24, 2.45) is 12.8 Å². The van der Waals surface area contributed by atoms with Crippen LogP contribution < -0.4 is 21.7 Å². The highest BCUT2D eigenvalue weighted by molar-refractivity contribution is 6.36. The Kier molecular flexibility index (Phi) is 9.20. The molecule has 5 N–H and O–H groups in total. The lowest BCUT2D eigenvalue weighted by Gasteiger charge is -2.41. The lowest BCUT2D eigenvalue weighted by atomic mass is 9.98. The van der Waals surface area contributed by atoms with Crippen molar-refractivity contribution in [1.29, 1.82) is 5.26 Å². The fourth-order valence-electron chi connectivity index (χ4n) is 5.38. The van der Waals surface area contributed by atoms with Gasteiger partial charge in [-0.3, -0.25) is 14.6 Å². The number of pyridine rings is 1. The predicted molar refractivity (Wildman–Crippen MR) is 175 cm³/mol. The number of nitrogens with two attached hydrogens (primary N) is 1. The van der Waals surface area contributed by atoms with E-state index in [-0.39, 0.29) is 16.1 Å². The Morgan fingerprint density at radius 2 is 1.86 bits per heavy atom. The molecule has 1 aliphatic rings. The summed E-state index contributed by atoms with van der Waals surface area (Å²) in [6.45, 7) is 8.78. The lowest BCUT2D eigenvalue weighted by Crippen LogP contribution is -2.49. The maximum absolute atomic E-state index is 13.8. The molecule has 5 rings (SSSR count). The summed E-state index contributed by atoms with van der Waals surface area (Å²) in [5.74, 6) is -0.539. The van der Waals surface area contributed by atoms with Gasteiger partial charge in [0.05, 0.1) is 38.2 Å². The van der Waals surface area contributed by atoms with Crippen molar-refractivity contribution in [3.8, 4) is 6.07 Å². The van der Waals surface area contributed by atoms with Gasteiger partial charge in [0, 0.05) is 67.1 Å². The molecule has 0 spiro atoms. The van der Waals surface area contributed by atoms with Gasteiger partial charge in [0.2, 0.25) is 0 Å². The average molecular weight is 637 g/mol. The zero-order valence-corrected chi connectivity index (χ0v) is 26.6. The predicted octanol–water partition coefficient (Wildman–Crippen LogP) is 6.84. The molecule has 0 saturated carbocycles. The number of aromatic nitrogens is 3. The van der Waals surface area contributed by atoms with Crippen LogP contribution in [-0.2, 0) is 7.05 Å². The van der Waals surface area contributed by atoms with E-state index in [1.54, 1.807) is 16.8 Å². The number of piperidine rings is 1. The number of hydrogen-bond acceptors (Lipinski definition) is 8. The van der Waals surface area contributed by atoms with Gasteiger partial charge in [-0.1, -0.05) is 23.2 Å². The van der Waals surface area contributed by atoms with Crippen LogP contribution in [0.3, 0.4) is 0 Å². The number of nitriles is 1. The van der Waals surface area contributed by atoms with E-state index in [0.29, 0.717) is 44.7 Å². The Labute approximate surface area is 266 Å². The van der Waals surface area contributed by atoms with Crippen LogP contribution in [0.4, 0.5) is 21.5 Å². The maximum atomic E-state index is 13.8. The average Bonchev–Trinajstić information content (AvgIpc) is 3.42. The Bertz CT molecular complexity index is 1730. The topological polar surface area (TPSA) is 120 Å². The number of hydrogen-bond donors (Lipinski definition) is 4. The summed E-state index contributed by atoms with van der Waals surface area (Å²) in [6, 6.07) is 11.8. The molecule has 44 heavy (non-hydrogen) atoms. The van der Waals surface area contributed by atoms with Crippen molar-refractivity contribution in [2.45, 2.75) is 51.2 Å². The third kappa shape index (κ3) is 7.02. The summed E-state index contributed by atoms with van der Waals surface area (Å²) < 4.78 is 15.5. The molecule has 4 aromatic rings. The monoisotopic (exact) mass is 635 g/mol. The molecule has 230 valence electrons. The summed E-state index contributed by atoms with van der Waals surface area (Å²) >= 11 is 12.7. The molecule has 3 heterocycles. The Morgan fingerprint density at radius 3 is 2.50 bits per heavy atom. The maximum Gasteiger partial charge on any atom is 0.141 e. The molecule has 0 bridgehead atoms. The van der Waals surface area contributed by atoms with Gasteiger partial charge in [-0.25, -0.2) is 4.39 Å². The van der Waals surface area contributed by atoms with Crippen molar-refractivity contribution in [2.75, 3.05) is 23.7 Å². The Morgan fingerprint density at radius 1 is 1.14 bits per heavy atom. The van der Waals surface area contributed by atoms with E-state index in [1.807, 2.05) is 31.6 Å². The summed E-state index contributed by atoms with van der Waals surface area (Å²) in [4.78, 5) is 6.93. The summed E-state index contributed by atoms with van der Waals surface area (Å²) in [5.41, 5.74) is 10.5. The van der Waals surface area contributed by atoms with E-state index < -0.39 is 11.9 Å². The molecule has 1 saturated heterocycles. The molecule has 2 aromatic heterocycles. The third-order valence-corrected chi connectivity index (χ3v) is 8.42. The Hall–Kier alpha value is -4.04. The summed E-state index contributed by atoms with van der Waals surface area (Å²) in [5, 5.41) is 25.6. The van der Waals surface area contributed by atoms with Crippen molar-refractivity contribution in [3.63, 3.8) is 0 Å².